The molecular formula is C55H45NS. The fourth-order valence-corrected chi connectivity index (χ4v) is 11.2. The summed E-state index contributed by atoms with van der Waals surface area (Å²) in [5.74, 6) is 0.655. The molecule has 0 unspecified atom stereocenters. The van der Waals surface area contributed by atoms with Crippen molar-refractivity contribution < 1.29 is 0 Å². The summed E-state index contributed by atoms with van der Waals surface area (Å²) in [6, 6.07) is 63.8. The molecule has 1 heterocycles. The summed E-state index contributed by atoms with van der Waals surface area (Å²) in [4.78, 5) is 2.48. The van der Waals surface area contributed by atoms with Crippen molar-refractivity contribution in [3.8, 4) is 33.4 Å². The quantitative estimate of drug-likeness (QED) is 0.164. The van der Waals surface area contributed by atoms with E-state index in [2.05, 4.69) is 189 Å². The van der Waals surface area contributed by atoms with E-state index in [0.717, 1.165) is 5.69 Å². The molecule has 0 bridgehead atoms. The first-order chi connectivity index (χ1) is 28.0. The third-order valence-electron chi connectivity index (χ3n) is 13.0. The van der Waals surface area contributed by atoms with Crippen LogP contribution in [0.5, 0.6) is 0 Å². The van der Waals surface area contributed by atoms with Gasteiger partial charge in [-0.3, -0.25) is 0 Å². The zero-order chi connectivity index (χ0) is 38.1. The highest BCUT2D eigenvalue weighted by Gasteiger charge is 2.38. The Bertz CT molecular complexity index is 2960. The van der Waals surface area contributed by atoms with E-state index in [-0.39, 0.29) is 5.41 Å². The SMILES string of the molecule is CC1(C)c2cc(N(c3ccc(-c4cc5ccccc5cc4-c4ccccc4)cc3)c3ccc4sc5ccccc5c4c3)ccc2-c2c(C3CCCCC3)cccc21. The van der Waals surface area contributed by atoms with Gasteiger partial charge in [0.05, 0.1) is 0 Å². The van der Waals surface area contributed by atoms with Gasteiger partial charge in [-0.05, 0) is 140 Å². The molecule has 1 fully saturated rings. The number of hydrogen-bond acceptors (Lipinski definition) is 2. The molecule has 2 aliphatic carbocycles. The van der Waals surface area contributed by atoms with Gasteiger partial charge in [-0.2, -0.15) is 0 Å². The Morgan fingerprint density at radius 2 is 1.11 bits per heavy atom. The topological polar surface area (TPSA) is 3.24 Å². The summed E-state index contributed by atoms with van der Waals surface area (Å²) < 4.78 is 2.65. The van der Waals surface area contributed by atoms with Gasteiger partial charge < -0.3 is 4.90 Å². The monoisotopic (exact) mass is 751 g/mol. The molecule has 276 valence electrons. The van der Waals surface area contributed by atoms with Crippen molar-refractivity contribution in [3.05, 3.63) is 187 Å². The van der Waals surface area contributed by atoms with Gasteiger partial charge in [0.25, 0.3) is 0 Å². The fraction of sp³-hybridized carbons (Fsp3) is 0.164. The van der Waals surface area contributed by atoms with E-state index in [1.807, 2.05) is 11.3 Å². The van der Waals surface area contributed by atoms with Gasteiger partial charge in [0.1, 0.15) is 0 Å². The third-order valence-corrected chi connectivity index (χ3v) is 14.2. The molecule has 1 saturated carbocycles. The summed E-state index contributed by atoms with van der Waals surface area (Å²) in [5.41, 5.74) is 15.7. The molecule has 2 aliphatic rings. The number of nitrogens with zero attached hydrogens (tertiary/aromatic N) is 1. The number of anilines is 3. The van der Waals surface area contributed by atoms with E-state index in [9.17, 15) is 0 Å². The van der Waals surface area contributed by atoms with E-state index in [4.69, 9.17) is 0 Å². The van der Waals surface area contributed by atoms with Crippen LogP contribution in [0.2, 0.25) is 0 Å². The number of rotatable bonds is 6. The second-order valence-electron chi connectivity index (χ2n) is 16.7. The predicted molar refractivity (Wildman–Crippen MR) is 246 cm³/mol. The Hall–Kier alpha value is -5.96. The van der Waals surface area contributed by atoms with Crippen molar-refractivity contribution in [2.45, 2.75) is 57.3 Å². The first-order valence-electron chi connectivity index (χ1n) is 20.7. The summed E-state index contributed by atoms with van der Waals surface area (Å²) in [6.07, 6.45) is 6.67. The largest absolute Gasteiger partial charge is 0.310 e. The van der Waals surface area contributed by atoms with Crippen LogP contribution in [-0.2, 0) is 5.41 Å². The lowest BCUT2D eigenvalue weighted by Crippen LogP contribution is -2.17. The maximum Gasteiger partial charge on any atom is 0.0468 e. The molecule has 8 aromatic carbocycles. The van der Waals surface area contributed by atoms with Crippen molar-refractivity contribution in [1.82, 2.24) is 0 Å². The fourth-order valence-electron chi connectivity index (χ4n) is 10.1. The van der Waals surface area contributed by atoms with Crippen LogP contribution in [0.15, 0.2) is 170 Å². The maximum absolute atomic E-state index is 2.50. The first-order valence-corrected chi connectivity index (χ1v) is 21.5. The van der Waals surface area contributed by atoms with Crippen LogP contribution in [0.25, 0.3) is 64.3 Å². The number of thiophene rings is 1. The number of benzene rings is 8. The minimum Gasteiger partial charge on any atom is -0.310 e. The summed E-state index contributed by atoms with van der Waals surface area (Å²) in [7, 11) is 0. The van der Waals surface area contributed by atoms with Crippen LogP contribution >= 0.6 is 11.3 Å². The first kappa shape index (κ1) is 34.3. The van der Waals surface area contributed by atoms with E-state index >= 15 is 0 Å². The van der Waals surface area contributed by atoms with Crippen LogP contribution < -0.4 is 4.90 Å². The molecule has 0 atom stereocenters. The van der Waals surface area contributed by atoms with Crippen molar-refractivity contribution in [3.63, 3.8) is 0 Å². The highest BCUT2D eigenvalue weighted by Crippen LogP contribution is 2.54. The zero-order valence-corrected chi connectivity index (χ0v) is 33.5. The highest BCUT2D eigenvalue weighted by atomic mass is 32.1. The van der Waals surface area contributed by atoms with E-state index in [0.29, 0.717) is 5.92 Å². The average Bonchev–Trinajstić information content (AvgIpc) is 3.75. The van der Waals surface area contributed by atoms with Gasteiger partial charge in [0, 0.05) is 42.6 Å². The molecule has 1 aromatic heterocycles. The summed E-state index contributed by atoms with van der Waals surface area (Å²) in [5, 5.41) is 5.14. The summed E-state index contributed by atoms with van der Waals surface area (Å²) >= 11 is 1.88. The van der Waals surface area contributed by atoms with Gasteiger partial charge in [-0.25, -0.2) is 0 Å². The molecule has 0 saturated heterocycles. The van der Waals surface area contributed by atoms with Crippen molar-refractivity contribution in [2.24, 2.45) is 0 Å². The predicted octanol–water partition coefficient (Wildman–Crippen LogP) is 16.4. The van der Waals surface area contributed by atoms with Crippen LogP contribution in [0.1, 0.15) is 68.6 Å². The second kappa shape index (κ2) is 13.6. The van der Waals surface area contributed by atoms with E-state index < -0.39 is 0 Å². The van der Waals surface area contributed by atoms with Crippen LogP contribution in [-0.4, -0.2) is 0 Å². The van der Waals surface area contributed by atoms with Crippen molar-refractivity contribution >= 4 is 59.3 Å². The van der Waals surface area contributed by atoms with Crippen LogP contribution in [0.3, 0.4) is 0 Å². The Morgan fingerprint density at radius 3 is 1.88 bits per heavy atom. The smallest absolute Gasteiger partial charge is 0.0468 e. The third kappa shape index (κ3) is 5.72. The van der Waals surface area contributed by atoms with Crippen LogP contribution in [0, 0.1) is 0 Å². The standard InChI is InChI=1S/C55H45NS/c1-55(2)50-22-13-21-44(36-14-5-3-6-15-36)54(50)46-30-28-43(35-51(46)55)56(42-29-31-53-49(34-42)45-20-11-12-23-52(45)57-53)41-26-24-38(25-27-41)48-33-40-19-10-9-18-39(40)32-47(48)37-16-7-4-8-17-37/h4,7-13,16-36H,3,5-6,14-15H2,1-2H3. The maximum atomic E-state index is 2.50. The van der Waals surface area contributed by atoms with E-state index in [1.54, 1.807) is 5.56 Å². The highest BCUT2D eigenvalue weighted by molar-refractivity contribution is 7.25. The lowest BCUT2D eigenvalue weighted by molar-refractivity contribution is 0.444. The van der Waals surface area contributed by atoms with Gasteiger partial charge in [-0.1, -0.05) is 142 Å². The summed E-state index contributed by atoms with van der Waals surface area (Å²) in [6.45, 7) is 4.87. The molecule has 2 heteroatoms. The molecule has 57 heavy (non-hydrogen) atoms. The molecule has 9 aromatic rings. The Labute approximate surface area is 339 Å². The molecular weight excluding hydrogens is 707 g/mol. The Kier molecular flexibility index (Phi) is 8.19. The lowest BCUT2D eigenvalue weighted by Gasteiger charge is -2.28. The molecule has 11 rings (SSSR count). The van der Waals surface area contributed by atoms with Gasteiger partial charge in [0.15, 0.2) is 0 Å². The van der Waals surface area contributed by atoms with Crippen molar-refractivity contribution in [1.29, 1.82) is 0 Å². The molecule has 1 nitrogen and oxygen atoms in total. The van der Waals surface area contributed by atoms with Gasteiger partial charge >= 0.3 is 0 Å². The number of hydrogen-bond donors (Lipinski definition) is 0. The average molecular weight is 752 g/mol. The van der Waals surface area contributed by atoms with Gasteiger partial charge in [-0.15, -0.1) is 11.3 Å². The molecule has 0 radical (unpaired) electrons. The number of fused-ring (bicyclic) bond motifs is 7. The zero-order valence-electron chi connectivity index (χ0n) is 32.6. The van der Waals surface area contributed by atoms with Crippen molar-refractivity contribution in [2.75, 3.05) is 4.90 Å². The second-order valence-corrected chi connectivity index (χ2v) is 17.8. The Morgan fingerprint density at radius 1 is 0.474 bits per heavy atom. The lowest BCUT2D eigenvalue weighted by atomic mass is 9.78. The Balaban J connectivity index is 1.07. The molecule has 0 aliphatic heterocycles. The van der Waals surface area contributed by atoms with Crippen LogP contribution in [0.4, 0.5) is 17.1 Å². The molecule has 0 amide bonds. The van der Waals surface area contributed by atoms with Gasteiger partial charge in [0.2, 0.25) is 0 Å². The molecule has 0 spiro atoms. The minimum atomic E-state index is -0.0989. The molecule has 0 N–H and O–H groups in total. The normalized spacial score (nSPS) is 14.9. The minimum absolute atomic E-state index is 0.0989. The van der Waals surface area contributed by atoms with E-state index in [1.165, 1.54) is 119 Å².